The van der Waals surface area contributed by atoms with Gasteiger partial charge in [0.15, 0.2) is 0 Å². The van der Waals surface area contributed by atoms with Crippen LogP contribution in [0.4, 0.5) is 5.95 Å². The number of aryl methyl sites for hydroxylation is 1. The number of hydrogen-bond acceptors (Lipinski definition) is 5. The molecule has 1 aliphatic heterocycles. The minimum absolute atomic E-state index is 0.141. The lowest BCUT2D eigenvalue weighted by molar-refractivity contribution is 0.0695. The monoisotopic (exact) mass is 237 g/mol. The number of nitrogens with zero attached hydrogens (tertiary/aromatic N) is 2. The third-order valence-electron chi connectivity index (χ3n) is 2.76. The van der Waals surface area contributed by atoms with Crippen LogP contribution in [-0.4, -0.2) is 40.3 Å². The Morgan fingerprint density at radius 1 is 1.53 bits per heavy atom. The van der Waals surface area contributed by atoms with Gasteiger partial charge in [0.2, 0.25) is 5.95 Å². The summed E-state index contributed by atoms with van der Waals surface area (Å²) in [6, 6.07) is 0.304. The Hall–Kier alpha value is -1.69. The summed E-state index contributed by atoms with van der Waals surface area (Å²) in [4.78, 5) is 19.0. The van der Waals surface area contributed by atoms with Gasteiger partial charge in [0.25, 0.3) is 0 Å². The van der Waals surface area contributed by atoms with Crippen molar-refractivity contribution in [2.24, 2.45) is 0 Å². The van der Waals surface area contributed by atoms with Crippen LogP contribution in [0, 0.1) is 6.92 Å². The van der Waals surface area contributed by atoms with Gasteiger partial charge in [0.05, 0.1) is 11.3 Å². The third-order valence-corrected chi connectivity index (χ3v) is 2.76. The van der Waals surface area contributed by atoms with E-state index in [0.29, 0.717) is 17.7 Å². The molecule has 6 nitrogen and oxygen atoms in total. The predicted octanol–water partition coefficient (Wildman–Crippen LogP) is 1.07. The SMILES string of the molecule is Cc1nc(NC2CCOCC2)ncc1C(=O)O. The molecule has 6 heteroatoms. The van der Waals surface area contributed by atoms with E-state index < -0.39 is 5.97 Å². The zero-order valence-corrected chi connectivity index (χ0v) is 9.64. The van der Waals surface area contributed by atoms with Gasteiger partial charge in [0, 0.05) is 25.5 Å². The summed E-state index contributed by atoms with van der Waals surface area (Å²) < 4.78 is 5.25. The van der Waals surface area contributed by atoms with Gasteiger partial charge in [0.1, 0.15) is 0 Å². The van der Waals surface area contributed by atoms with Crippen molar-refractivity contribution in [1.29, 1.82) is 0 Å². The smallest absolute Gasteiger partial charge is 0.339 e. The lowest BCUT2D eigenvalue weighted by atomic mass is 10.1. The first-order valence-corrected chi connectivity index (χ1v) is 5.58. The maximum Gasteiger partial charge on any atom is 0.339 e. The van der Waals surface area contributed by atoms with E-state index in [9.17, 15) is 4.79 Å². The third kappa shape index (κ3) is 2.91. The molecule has 17 heavy (non-hydrogen) atoms. The highest BCUT2D eigenvalue weighted by Crippen LogP contribution is 2.13. The van der Waals surface area contributed by atoms with E-state index in [1.807, 2.05) is 0 Å². The number of hydrogen-bond donors (Lipinski definition) is 2. The summed E-state index contributed by atoms with van der Waals surface area (Å²) in [5.74, 6) is -0.514. The van der Waals surface area contributed by atoms with E-state index in [1.165, 1.54) is 6.20 Å². The van der Waals surface area contributed by atoms with Crippen LogP contribution in [0.25, 0.3) is 0 Å². The minimum atomic E-state index is -1.000. The van der Waals surface area contributed by atoms with Crippen LogP contribution in [0.15, 0.2) is 6.20 Å². The van der Waals surface area contributed by atoms with Crippen LogP contribution in [0.3, 0.4) is 0 Å². The topological polar surface area (TPSA) is 84.3 Å². The summed E-state index contributed by atoms with van der Waals surface area (Å²) in [7, 11) is 0. The number of carboxylic acids is 1. The Bertz CT molecular complexity index is 416. The molecule has 2 N–H and O–H groups in total. The van der Waals surface area contributed by atoms with Gasteiger partial charge >= 0.3 is 5.97 Å². The Labute approximate surface area is 99.0 Å². The van der Waals surface area contributed by atoms with E-state index in [1.54, 1.807) is 6.92 Å². The van der Waals surface area contributed by atoms with Crippen LogP contribution < -0.4 is 5.32 Å². The highest BCUT2D eigenvalue weighted by atomic mass is 16.5. The molecule has 92 valence electrons. The van der Waals surface area contributed by atoms with Gasteiger partial charge in [-0.3, -0.25) is 0 Å². The van der Waals surface area contributed by atoms with Crippen molar-refractivity contribution in [2.45, 2.75) is 25.8 Å². The Balaban J connectivity index is 2.06. The number of rotatable bonds is 3. The van der Waals surface area contributed by atoms with Crippen molar-refractivity contribution < 1.29 is 14.6 Å². The summed E-state index contributed by atoms with van der Waals surface area (Å²) in [5, 5.41) is 12.1. The van der Waals surface area contributed by atoms with Crippen molar-refractivity contribution in [2.75, 3.05) is 18.5 Å². The van der Waals surface area contributed by atoms with Crippen LogP contribution in [0.5, 0.6) is 0 Å². The molecule has 0 atom stereocenters. The Kier molecular flexibility index (Phi) is 3.53. The molecule has 1 aliphatic rings. The molecule has 0 amide bonds. The molecule has 0 radical (unpaired) electrons. The first-order chi connectivity index (χ1) is 8.16. The number of carbonyl (C=O) groups is 1. The second kappa shape index (κ2) is 5.09. The fourth-order valence-electron chi connectivity index (χ4n) is 1.77. The summed E-state index contributed by atoms with van der Waals surface area (Å²) in [5.41, 5.74) is 0.615. The van der Waals surface area contributed by atoms with Crippen LogP contribution >= 0.6 is 0 Å². The zero-order chi connectivity index (χ0) is 12.3. The molecule has 0 saturated carbocycles. The maximum absolute atomic E-state index is 10.8. The highest BCUT2D eigenvalue weighted by Gasteiger charge is 2.15. The largest absolute Gasteiger partial charge is 0.478 e. The van der Waals surface area contributed by atoms with E-state index in [0.717, 1.165) is 26.1 Å². The number of carboxylic acid groups (broad SMARTS) is 1. The molecule has 1 aromatic heterocycles. The fourth-order valence-corrected chi connectivity index (χ4v) is 1.77. The van der Waals surface area contributed by atoms with Crippen molar-refractivity contribution >= 4 is 11.9 Å². The van der Waals surface area contributed by atoms with E-state index in [-0.39, 0.29) is 5.56 Å². The van der Waals surface area contributed by atoms with Crippen molar-refractivity contribution in [3.63, 3.8) is 0 Å². The molecule has 0 bridgehead atoms. The average Bonchev–Trinajstić information content (AvgIpc) is 2.30. The molecule has 1 fully saturated rings. The fraction of sp³-hybridized carbons (Fsp3) is 0.545. The number of aromatic carboxylic acids is 1. The van der Waals surface area contributed by atoms with Gasteiger partial charge in [-0.1, -0.05) is 0 Å². The summed E-state index contributed by atoms with van der Waals surface area (Å²) in [6.07, 6.45) is 3.18. The Morgan fingerprint density at radius 3 is 2.82 bits per heavy atom. The molecule has 0 aromatic carbocycles. The lowest BCUT2D eigenvalue weighted by Gasteiger charge is -2.23. The number of ether oxygens (including phenoxy) is 1. The van der Waals surface area contributed by atoms with Crippen molar-refractivity contribution in [3.05, 3.63) is 17.5 Å². The highest BCUT2D eigenvalue weighted by molar-refractivity contribution is 5.88. The normalized spacial score (nSPS) is 16.8. The van der Waals surface area contributed by atoms with Crippen molar-refractivity contribution in [3.8, 4) is 0 Å². The summed E-state index contributed by atoms with van der Waals surface area (Å²) >= 11 is 0. The van der Waals surface area contributed by atoms with E-state index >= 15 is 0 Å². The summed E-state index contributed by atoms with van der Waals surface area (Å²) in [6.45, 7) is 3.15. The van der Waals surface area contributed by atoms with Crippen LogP contribution in [-0.2, 0) is 4.74 Å². The predicted molar refractivity (Wildman–Crippen MR) is 61.2 cm³/mol. The lowest BCUT2D eigenvalue weighted by Crippen LogP contribution is -2.28. The number of nitrogens with one attached hydrogen (secondary N) is 1. The van der Waals surface area contributed by atoms with Crippen LogP contribution in [0.2, 0.25) is 0 Å². The van der Waals surface area contributed by atoms with Crippen LogP contribution in [0.1, 0.15) is 28.9 Å². The van der Waals surface area contributed by atoms with Gasteiger partial charge < -0.3 is 15.2 Å². The molecule has 1 saturated heterocycles. The molecule has 1 aromatic rings. The maximum atomic E-state index is 10.8. The molecule has 0 spiro atoms. The van der Waals surface area contributed by atoms with Crippen molar-refractivity contribution in [1.82, 2.24) is 9.97 Å². The quantitative estimate of drug-likeness (QED) is 0.818. The van der Waals surface area contributed by atoms with Gasteiger partial charge in [-0.2, -0.15) is 0 Å². The second-order valence-electron chi connectivity index (χ2n) is 4.03. The molecule has 0 unspecified atom stereocenters. The van der Waals surface area contributed by atoms with Gasteiger partial charge in [-0.05, 0) is 19.8 Å². The molecular weight excluding hydrogens is 222 g/mol. The Morgan fingerprint density at radius 2 is 2.24 bits per heavy atom. The first kappa shape index (κ1) is 11.8. The molecular formula is C11H15N3O3. The van der Waals surface area contributed by atoms with Gasteiger partial charge in [-0.15, -0.1) is 0 Å². The standard InChI is InChI=1S/C11H15N3O3/c1-7-9(10(15)16)6-12-11(13-7)14-8-2-4-17-5-3-8/h6,8H,2-5H2,1H3,(H,15,16)(H,12,13,14). The second-order valence-corrected chi connectivity index (χ2v) is 4.03. The zero-order valence-electron chi connectivity index (χ0n) is 9.64. The molecule has 2 heterocycles. The molecule has 0 aliphatic carbocycles. The molecule has 2 rings (SSSR count). The first-order valence-electron chi connectivity index (χ1n) is 5.58. The van der Waals surface area contributed by atoms with E-state index in [2.05, 4.69) is 15.3 Å². The van der Waals surface area contributed by atoms with E-state index in [4.69, 9.17) is 9.84 Å². The average molecular weight is 237 g/mol. The number of aromatic nitrogens is 2. The number of anilines is 1. The van der Waals surface area contributed by atoms with Gasteiger partial charge in [-0.25, -0.2) is 14.8 Å². The minimum Gasteiger partial charge on any atom is -0.478 e.